The first-order valence-corrected chi connectivity index (χ1v) is 13.9. The van der Waals surface area contributed by atoms with E-state index in [4.69, 9.17) is 4.74 Å². The summed E-state index contributed by atoms with van der Waals surface area (Å²) in [6, 6.07) is 2.12. The minimum absolute atomic E-state index is 0.0480. The lowest BCUT2D eigenvalue weighted by Gasteiger charge is -2.19. The Balaban J connectivity index is 1.86. The van der Waals surface area contributed by atoms with Crippen LogP contribution in [0.15, 0.2) is 41.6 Å². The van der Waals surface area contributed by atoms with Gasteiger partial charge in [0.15, 0.2) is 23.5 Å². The van der Waals surface area contributed by atoms with Gasteiger partial charge < -0.3 is 19.1 Å². The minimum atomic E-state index is -1.16. The molecule has 0 saturated heterocycles. The number of imidazole rings is 1. The fourth-order valence-corrected chi connectivity index (χ4v) is 4.20. The number of halogens is 2. The van der Waals surface area contributed by atoms with Crippen molar-refractivity contribution in [3.8, 4) is 0 Å². The van der Waals surface area contributed by atoms with Crippen molar-refractivity contribution in [1.29, 1.82) is 0 Å². The number of ether oxygens (including phenoxy) is 1. The number of aromatic nitrogens is 4. The summed E-state index contributed by atoms with van der Waals surface area (Å²) in [6.45, 7) is 4.50. The zero-order valence-electron chi connectivity index (χ0n) is 25.3. The molecule has 2 heterocycles. The summed E-state index contributed by atoms with van der Waals surface area (Å²) in [5.41, 5.74) is 0.252. The molecule has 0 bridgehead atoms. The van der Waals surface area contributed by atoms with Crippen LogP contribution in [0.1, 0.15) is 44.5 Å². The summed E-state index contributed by atoms with van der Waals surface area (Å²) < 4.78 is 36.5. The fourth-order valence-electron chi connectivity index (χ4n) is 4.20. The Kier molecular flexibility index (Phi) is 11.3. The first-order valence-electron chi connectivity index (χ1n) is 13.9. The molecule has 0 fully saturated rings. The van der Waals surface area contributed by atoms with Crippen LogP contribution in [0.2, 0.25) is 0 Å². The molecule has 0 aliphatic heterocycles. The number of hydrogen-bond acceptors (Lipinski definition) is 7. The number of fused-ring (bicyclic) bond motifs is 1. The molecule has 2 amide bonds. The number of rotatable bonds is 13. The second-order valence-electron chi connectivity index (χ2n) is 11.1. The van der Waals surface area contributed by atoms with E-state index in [1.807, 2.05) is 13.8 Å². The standard InChI is InChI=1S/C30H38F2N6O5/c1-19(2)11-12-38-24-15-22(32)21(31)14-23(24)34-27(38)17-37-18-33-16-20(29(37)41)13-25(39)26(43-30(42)36(5)6)9-7-8-10-28(40)35(3)4/h8,10,14-16,18-19,26H,7,9,11-13,17H2,1-6H3/b10-8+/t26-/m0/s1. The topological polar surface area (TPSA) is 120 Å². The third-order valence-electron chi connectivity index (χ3n) is 6.71. The van der Waals surface area contributed by atoms with E-state index in [1.54, 1.807) is 24.7 Å². The van der Waals surface area contributed by atoms with Crippen molar-refractivity contribution in [2.75, 3.05) is 28.2 Å². The Labute approximate surface area is 248 Å². The predicted molar refractivity (Wildman–Crippen MR) is 156 cm³/mol. The van der Waals surface area contributed by atoms with Gasteiger partial charge >= 0.3 is 6.09 Å². The second kappa shape index (κ2) is 14.7. The van der Waals surface area contributed by atoms with Crippen LogP contribution in [0.25, 0.3) is 11.0 Å². The highest BCUT2D eigenvalue weighted by Gasteiger charge is 2.25. The Bertz CT molecular complexity index is 1560. The molecular weight excluding hydrogens is 562 g/mol. The SMILES string of the molecule is CC(C)CCn1c(Cn2cncc(CC(=O)[C@H](CC/C=C/C(=O)N(C)C)OC(=O)N(C)C)c2=O)nc2cc(F)c(F)cc21. The lowest BCUT2D eigenvalue weighted by Crippen LogP contribution is -2.35. The molecule has 0 saturated carbocycles. The van der Waals surface area contributed by atoms with E-state index >= 15 is 0 Å². The van der Waals surface area contributed by atoms with Crippen LogP contribution in [-0.4, -0.2) is 81.0 Å². The maximum absolute atomic E-state index is 14.1. The van der Waals surface area contributed by atoms with Crippen LogP contribution < -0.4 is 5.56 Å². The summed E-state index contributed by atoms with van der Waals surface area (Å²) in [4.78, 5) is 61.9. The van der Waals surface area contributed by atoms with E-state index in [0.29, 0.717) is 23.8 Å². The fraction of sp³-hybridized carbons (Fsp3) is 0.467. The number of benzene rings is 1. The zero-order chi connectivity index (χ0) is 31.8. The normalized spacial score (nSPS) is 12.2. The van der Waals surface area contributed by atoms with Crippen LogP contribution in [0.5, 0.6) is 0 Å². The molecule has 0 aliphatic carbocycles. The lowest BCUT2D eigenvalue weighted by atomic mass is 10.0. The van der Waals surface area contributed by atoms with Crippen molar-refractivity contribution in [1.82, 2.24) is 28.9 Å². The van der Waals surface area contributed by atoms with E-state index in [-0.39, 0.29) is 42.8 Å². The summed E-state index contributed by atoms with van der Waals surface area (Å²) in [5.74, 6) is -2.01. The largest absolute Gasteiger partial charge is 0.438 e. The van der Waals surface area contributed by atoms with Gasteiger partial charge in [-0.05, 0) is 31.3 Å². The number of likely N-dealkylation sites (N-methyl/N-ethyl adjacent to an activating group) is 1. The molecule has 3 aromatic rings. The third-order valence-corrected chi connectivity index (χ3v) is 6.71. The predicted octanol–water partition coefficient (Wildman–Crippen LogP) is 3.57. The number of ketones is 1. The number of amides is 2. The molecule has 0 radical (unpaired) electrons. The monoisotopic (exact) mass is 600 g/mol. The summed E-state index contributed by atoms with van der Waals surface area (Å²) in [7, 11) is 6.19. The maximum Gasteiger partial charge on any atom is 0.409 e. The van der Waals surface area contributed by atoms with Gasteiger partial charge in [-0.2, -0.15) is 0 Å². The number of allylic oxidation sites excluding steroid dienone is 1. The van der Waals surface area contributed by atoms with E-state index in [2.05, 4.69) is 9.97 Å². The van der Waals surface area contributed by atoms with Gasteiger partial charge in [0.1, 0.15) is 5.82 Å². The van der Waals surface area contributed by atoms with Crippen molar-refractivity contribution in [3.05, 3.63) is 70.2 Å². The smallest absolute Gasteiger partial charge is 0.409 e. The Morgan fingerprint density at radius 3 is 2.40 bits per heavy atom. The molecule has 11 nitrogen and oxygen atoms in total. The summed E-state index contributed by atoms with van der Waals surface area (Å²) >= 11 is 0. The van der Waals surface area contributed by atoms with Gasteiger partial charge in [0.25, 0.3) is 5.56 Å². The highest BCUT2D eigenvalue weighted by atomic mass is 19.2. The average molecular weight is 601 g/mol. The molecule has 3 rings (SSSR count). The van der Waals surface area contributed by atoms with Gasteiger partial charge in [0.05, 0.1) is 23.9 Å². The van der Waals surface area contributed by atoms with E-state index in [9.17, 15) is 28.0 Å². The molecule has 43 heavy (non-hydrogen) atoms. The Hall–Kier alpha value is -4.42. The Morgan fingerprint density at radius 1 is 1.05 bits per heavy atom. The highest BCUT2D eigenvalue weighted by molar-refractivity contribution is 5.88. The number of nitrogens with zero attached hydrogens (tertiary/aromatic N) is 6. The number of carbonyl (C=O) groups is 3. The molecule has 1 aromatic carbocycles. The highest BCUT2D eigenvalue weighted by Crippen LogP contribution is 2.22. The molecule has 0 spiro atoms. The second-order valence-corrected chi connectivity index (χ2v) is 11.1. The van der Waals surface area contributed by atoms with E-state index in [0.717, 1.165) is 18.6 Å². The van der Waals surface area contributed by atoms with Crippen molar-refractivity contribution in [2.24, 2.45) is 5.92 Å². The number of Topliss-reactive ketones (excluding diaryl/α,β-unsaturated/α-hetero) is 1. The average Bonchev–Trinajstić information content (AvgIpc) is 3.26. The van der Waals surface area contributed by atoms with Crippen molar-refractivity contribution in [2.45, 2.75) is 58.7 Å². The molecular formula is C30H38F2N6O5. The van der Waals surface area contributed by atoms with Gasteiger partial charge in [-0.15, -0.1) is 0 Å². The van der Waals surface area contributed by atoms with Crippen LogP contribution in [-0.2, 0) is 33.8 Å². The van der Waals surface area contributed by atoms with E-state index in [1.165, 1.54) is 47.1 Å². The van der Waals surface area contributed by atoms with Gasteiger partial charge in [0, 0.05) is 65.0 Å². The number of aryl methyl sites for hydroxylation is 1. The first kappa shape index (κ1) is 33.1. The zero-order valence-corrected chi connectivity index (χ0v) is 25.3. The molecule has 2 aromatic heterocycles. The maximum atomic E-state index is 14.1. The van der Waals surface area contributed by atoms with Crippen LogP contribution in [0.4, 0.5) is 13.6 Å². The first-order chi connectivity index (χ1) is 20.3. The van der Waals surface area contributed by atoms with E-state index < -0.39 is 35.2 Å². The lowest BCUT2D eigenvalue weighted by molar-refractivity contribution is -0.127. The van der Waals surface area contributed by atoms with Gasteiger partial charge in [-0.25, -0.2) is 23.5 Å². The van der Waals surface area contributed by atoms with Gasteiger partial charge in [-0.3, -0.25) is 19.0 Å². The van der Waals surface area contributed by atoms with Crippen LogP contribution in [0, 0.1) is 17.6 Å². The Morgan fingerprint density at radius 2 is 1.74 bits per heavy atom. The van der Waals surface area contributed by atoms with Crippen LogP contribution >= 0.6 is 0 Å². The molecule has 0 N–H and O–H groups in total. The number of hydrogen-bond donors (Lipinski definition) is 0. The molecule has 232 valence electrons. The molecule has 1 atom stereocenters. The van der Waals surface area contributed by atoms with Crippen molar-refractivity contribution in [3.63, 3.8) is 0 Å². The minimum Gasteiger partial charge on any atom is -0.438 e. The third kappa shape index (κ3) is 8.79. The quantitative estimate of drug-likeness (QED) is 0.275. The molecule has 0 aliphatic rings. The molecule has 13 heteroatoms. The van der Waals surface area contributed by atoms with Crippen molar-refractivity contribution >= 4 is 28.8 Å². The molecule has 0 unspecified atom stereocenters. The van der Waals surface area contributed by atoms with Gasteiger partial charge in [-0.1, -0.05) is 19.9 Å². The summed E-state index contributed by atoms with van der Waals surface area (Å²) in [6.07, 6.45) is 4.44. The summed E-state index contributed by atoms with van der Waals surface area (Å²) in [5, 5.41) is 0. The van der Waals surface area contributed by atoms with Crippen LogP contribution in [0.3, 0.4) is 0 Å². The number of carbonyl (C=O) groups excluding carboxylic acids is 3. The van der Waals surface area contributed by atoms with Crippen molar-refractivity contribution < 1.29 is 27.9 Å². The van der Waals surface area contributed by atoms with Gasteiger partial charge in [0.2, 0.25) is 5.91 Å².